The third-order valence-corrected chi connectivity index (χ3v) is 5.85. The van der Waals surface area contributed by atoms with E-state index >= 15 is 0 Å². The van der Waals surface area contributed by atoms with Crippen LogP contribution in [-0.4, -0.2) is 37.4 Å². The van der Waals surface area contributed by atoms with Crippen molar-refractivity contribution in [1.82, 2.24) is 5.32 Å². The fraction of sp³-hybridized carbons (Fsp3) is 0.333. The van der Waals surface area contributed by atoms with E-state index in [-0.39, 0.29) is 30.9 Å². The molecule has 1 atom stereocenters. The van der Waals surface area contributed by atoms with Crippen molar-refractivity contribution in [2.75, 3.05) is 30.5 Å². The summed E-state index contributed by atoms with van der Waals surface area (Å²) in [5.74, 6) is 2.65. The van der Waals surface area contributed by atoms with Gasteiger partial charge in [0.05, 0.1) is 5.92 Å². The van der Waals surface area contributed by atoms with E-state index in [0.29, 0.717) is 24.6 Å². The van der Waals surface area contributed by atoms with E-state index in [1.807, 2.05) is 24.3 Å². The Morgan fingerprint density at radius 2 is 1.96 bits per heavy atom. The molecule has 0 bridgehead atoms. The van der Waals surface area contributed by atoms with E-state index < -0.39 is 0 Å². The molecule has 0 aliphatic carbocycles. The number of benzene rings is 2. The topological polar surface area (TPSA) is 67.9 Å². The average Bonchev–Trinajstić information content (AvgIpc) is 3.34. The number of nitrogens with one attached hydrogen (secondary N) is 1. The van der Waals surface area contributed by atoms with Crippen LogP contribution < -0.4 is 19.7 Å². The molecule has 4 rings (SSSR count). The van der Waals surface area contributed by atoms with Crippen LogP contribution in [0.5, 0.6) is 11.5 Å². The van der Waals surface area contributed by atoms with Crippen molar-refractivity contribution in [3.63, 3.8) is 0 Å². The lowest BCUT2D eigenvalue weighted by Gasteiger charge is -2.17. The Kier molecular flexibility index (Phi) is 5.71. The molecule has 1 unspecified atom stereocenters. The summed E-state index contributed by atoms with van der Waals surface area (Å²) in [6.07, 6.45) is 0.234. The number of anilines is 1. The lowest BCUT2D eigenvalue weighted by molar-refractivity contribution is -0.126. The van der Waals surface area contributed by atoms with Crippen molar-refractivity contribution in [1.29, 1.82) is 0 Å². The molecule has 0 aromatic heterocycles. The molecule has 2 aromatic rings. The van der Waals surface area contributed by atoms with Gasteiger partial charge in [-0.2, -0.15) is 11.8 Å². The largest absolute Gasteiger partial charge is 0.454 e. The molecular formula is C21H22N2O4S. The summed E-state index contributed by atoms with van der Waals surface area (Å²) in [7, 11) is 0. The summed E-state index contributed by atoms with van der Waals surface area (Å²) in [5.41, 5.74) is 2.02. The molecule has 6 nitrogen and oxygen atoms in total. The molecule has 2 heterocycles. The van der Waals surface area contributed by atoms with Crippen LogP contribution in [-0.2, 0) is 15.3 Å². The first-order valence-electron chi connectivity index (χ1n) is 9.30. The lowest BCUT2D eigenvalue weighted by atomic mass is 10.1. The molecular weight excluding hydrogens is 376 g/mol. The molecule has 0 spiro atoms. The zero-order valence-corrected chi connectivity index (χ0v) is 16.2. The van der Waals surface area contributed by atoms with Crippen LogP contribution in [0, 0.1) is 5.92 Å². The maximum Gasteiger partial charge on any atom is 0.231 e. The second-order valence-corrected chi connectivity index (χ2v) is 7.88. The first-order valence-corrected chi connectivity index (χ1v) is 10.5. The van der Waals surface area contributed by atoms with Crippen LogP contribution >= 0.6 is 11.8 Å². The van der Waals surface area contributed by atoms with Gasteiger partial charge in [0.15, 0.2) is 11.5 Å². The van der Waals surface area contributed by atoms with E-state index in [2.05, 4.69) is 17.4 Å². The SMILES string of the molecule is O=C(NCCSCc1ccccc1)C1CC(=O)N(c2ccc3c(c2)OCO3)C1. The van der Waals surface area contributed by atoms with Gasteiger partial charge in [0.1, 0.15) is 0 Å². The molecule has 146 valence electrons. The first kappa shape index (κ1) is 18.7. The molecule has 0 radical (unpaired) electrons. The molecule has 1 N–H and O–H groups in total. The summed E-state index contributed by atoms with van der Waals surface area (Å²) in [4.78, 5) is 26.5. The van der Waals surface area contributed by atoms with Gasteiger partial charge in [0.2, 0.25) is 18.6 Å². The Labute approximate surface area is 168 Å². The normalized spacial score (nSPS) is 17.8. The lowest BCUT2D eigenvalue weighted by Crippen LogP contribution is -2.34. The second-order valence-electron chi connectivity index (χ2n) is 6.77. The van der Waals surface area contributed by atoms with Gasteiger partial charge in [-0.1, -0.05) is 30.3 Å². The monoisotopic (exact) mass is 398 g/mol. The van der Waals surface area contributed by atoms with Crippen LogP contribution in [0.2, 0.25) is 0 Å². The highest BCUT2D eigenvalue weighted by Crippen LogP contribution is 2.37. The summed E-state index contributed by atoms with van der Waals surface area (Å²) < 4.78 is 10.7. The van der Waals surface area contributed by atoms with Crippen LogP contribution in [0.3, 0.4) is 0 Å². The summed E-state index contributed by atoms with van der Waals surface area (Å²) >= 11 is 1.78. The molecule has 1 fully saturated rings. The van der Waals surface area contributed by atoms with Gasteiger partial charge < -0.3 is 19.7 Å². The quantitative estimate of drug-likeness (QED) is 0.727. The molecule has 2 aromatic carbocycles. The number of fused-ring (bicyclic) bond motifs is 1. The molecule has 1 saturated heterocycles. The number of carbonyl (C=O) groups excluding carboxylic acids is 2. The van der Waals surface area contributed by atoms with Crippen molar-refractivity contribution >= 4 is 29.3 Å². The van der Waals surface area contributed by atoms with E-state index in [0.717, 1.165) is 17.2 Å². The van der Waals surface area contributed by atoms with Crippen LogP contribution in [0.15, 0.2) is 48.5 Å². The van der Waals surface area contributed by atoms with E-state index in [1.165, 1.54) is 5.56 Å². The first-order chi connectivity index (χ1) is 13.7. The van der Waals surface area contributed by atoms with Crippen molar-refractivity contribution in [3.8, 4) is 11.5 Å². The third kappa shape index (κ3) is 4.25. The minimum atomic E-state index is -0.322. The Morgan fingerprint density at radius 3 is 2.82 bits per heavy atom. The number of hydrogen-bond donors (Lipinski definition) is 1. The zero-order valence-electron chi connectivity index (χ0n) is 15.4. The number of ether oxygens (including phenoxy) is 2. The van der Waals surface area contributed by atoms with Crippen molar-refractivity contribution in [3.05, 3.63) is 54.1 Å². The Hall–Kier alpha value is -2.67. The predicted octanol–water partition coefficient (Wildman–Crippen LogP) is 2.82. The molecule has 28 heavy (non-hydrogen) atoms. The van der Waals surface area contributed by atoms with Gasteiger partial charge in [0, 0.05) is 42.8 Å². The standard InChI is InChI=1S/C21H22N2O4S/c24-20-10-16(12-23(20)17-6-7-18-19(11-17)27-14-26-18)21(25)22-8-9-28-13-15-4-2-1-3-5-15/h1-7,11,16H,8-10,12-14H2,(H,22,25). The molecule has 2 aliphatic heterocycles. The number of amides is 2. The number of carbonyl (C=O) groups is 2. The highest BCUT2D eigenvalue weighted by molar-refractivity contribution is 7.98. The Bertz CT molecular complexity index is 859. The van der Waals surface area contributed by atoms with E-state index in [4.69, 9.17) is 9.47 Å². The fourth-order valence-electron chi connectivity index (χ4n) is 3.34. The maximum atomic E-state index is 12.4. The maximum absolute atomic E-state index is 12.4. The summed E-state index contributed by atoms with van der Waals surface area (Å²) in [6, 6.07) is 15.7. The molecule has 2 amide bonds. The number of rotatable bonds is 7. The highest BCUT2D eigenvalue weighted by atomic mass is 32.2. The number of hydrogen-bond acceptors (Lipinski definition) is 5. The van der Waals surface area contributed by atoms with Crippen molar-refractivity contribution < 1.29 is 19.1 Å². The third-order valence-electron chi connectivity index (χ3n) is 4.82. The number of nitrogens with zero attached hydrogens (tertiary/aromatic N) is 1. The predicted molar refractivity (Wildman–Crippen MR) is 109 cm³/mol. The zero-order chi connectivity index (χ0) is 19.3. The molecule has 0 saturated carbocycles. The average molecular weight is 398 g/mol. The van der Waals surface area contributed by atoms with Crippen LogP contribution in [0.1, 0.15) is 12.0 Å². The fourth-order valence-corrected chi connectivity index (χ4v) is 4.16. The summed E-state index contributed by atoms with van der Waals surface area (Å²) in [6.45, 7) is 1.19. The smallest absolute Gasteiger partial charge is 0.231 e. The van der Waals surface area contributed by atoms with Crippen molar-refractivity contribution in [2.45, 2.75) is 12.2 Å². The minimum Gasteiger partial charge on any atom is -0.454 e. The van der Waals surface area contributed by atoms with Crippen LogP contribution in [0.4, 0.5) is 5.69 Å². The highest BCUT2D eigenvalue weighted by Gasteiger charge is 2.35. The Morgan fingerprint density at radius 1 is 1.14 bits per heavy atom. The van der Waals surface area contributed by atoms with Crippen molar-refractivity contribution in [2.24, 2.45) is 5.92 Å². The van der Waals surface area contributed by atoms with Crippen LogP contribution in [0.25, 0.3) is 0 Å². The van der Waals surface area contributed by atoms with E-state index in [9.17, 15) is 9.59 Å². The molecule has 2 aliphatic rings. The van der Waals surface area contributed by atoms with E-state index in [1.54, 1.807) is 28.8 Å². The van der Waals surface area contributed by atoms with Gasteiger partial charge >= 0.3 is 0 Å². The Balaban J connectivity index is 1.24. The van der Waals surface area contributed by atoms with Gasteiger partial charge in [-0.15, -0.1) is 0 Å². The van der Waals surface area contributed by atoms with Gasteiger partial charge in [-0.05, 0) is 17.7 Å². The van der Waals surface area contributed by atoms with Gasteiger partial charge in [-0.25, -0.2) is 0 Å². The number of thioether (sulfide) groups is 1. The van der Waals surface area contributed by atoms with Gasteiger partial charge in [-0.3, -0.25) is 9.59 Å². The molecule has 7 heteroatoms. The minimum absolute atomic E-state index is 0.0440. The second kappa shape index (κ2) is 8.56. The summed E-state index contributed by atoms with van der Waals surface area (Å²) in [5, 5.41) is 2.96. The van der Waals surface area contributed by atoms with Gasteiger partial charge in [0.25, 0.3) is 0 Å².